The Hall–Kier alpha value is -1.75. The van der Waals surface area contributed by atoms with Gasteiger partial charge in [-0.3, -0.25) is 4.79 Å². The molecule has 19 heavy (non-hydrogen) atoms. The van der Waals surface area contributed by atoms with Crippen LogP contribution in [0.2, 0.25) is 0 Å². The van der Waals surface area contributed by atoms with Crippen LogP contribution in [-0.2, 0) is 4.79 Å². The minimum absolute atomic E-state index is 0.0229. The zero-order chi connectivity index (χ0) is 14.0. The summed E-state index contributed by atoms with van der Waals surface area (Å²) in [5.41, 5.74) is 1.62. The van der Waals surface area contributed by atoms with Crippen molar-refractivity contribution in [3.05, 3.63) is 18.2 Å². The molecule has 2 rings (SSSR count). The van der Waals surface area contributed by atoms with Crippen LogP contribution < -0.4 is 15.0 Å². The normalized spacial score (nSPS) is 16.1. The second-order valence-corrected chi connectivity index (χ2v) is 4.98. The van der Waals surface area contributed by atoms with Crippen LogP contribution in [-0.4, -0.2) is 37.3 Å². The van der Waals surface area contributed by atoms with Gasteiger partial charge in [-0.1, -0.05) is 13.8 Å². The highest BCUT2D eigenvalue weighted by atomic mass is 16.5. The molecule has 0 bridgehead atoms. The highest BCUT2D eigenvalue weighted by molar-refractivity contribution is 5.99. The molecule has 1 aromatic carbocycles. The number of carbonyl (C=O) groups is 1. The van der Waals surface area contributed by atoms with Crippen molar-refractivity contribution in [2.75, 3.05) is 30.5 Å². The first-order valence-corrected chi connectivity index (χ1v) is 6.46. The molecule has 5 heteroatoms. The van der Waals surface area contributed by atoms with Crippen LogP contribution in [0.15, 0.2) is 18.2 Å². The van der Waals surface area contributed by atoms with Crippen LogP contribution in [0.4, 0.5) is 11.4 Å². The maximum Gasteiger partial charge on any atom is 0.265 e. The van der Waals surface area contributed by atoms with E-state index in [4.69, 9.17) is 4.74 Å². The van der Waals surface area contributed by atoms with Crippen molar-refractivity contribution in [2.45, 2.75) is 19.9 Å². The largest absolute Gasteiger partial charge is 0.482 e. The summed E-state index contributed by atoms with van der Waals surface area (Å²) in [6.45, 7) is 3.94. The number of fused-ring (bicyclic) bond motifs is 1. The van der Waals surface area contributed by atoms with Gasteiger partial charge in [-0.05, 0) is 24.1 Å². The molecule has 1 amide bonds. The molecular formula is C14H20N2O3. The molecule has 2 N–H and O–H groups in total. The van der Waals surface area contributed by atoms with Crippen LogP contribution in [0.5, 0.6) is 5.75 Å². The van der Waals surface area contributed by atoms with E-state index >= 15 is 0 Å². The van der Waals surface area contributed by atoms with Gasteiger partial charge in [0.2, 0.25) is 0 Å². The molecule has 0 saturated heterocycles. The maximum absolute atomic E-state index is 12.1. The highest BCUT2D eigenvalue weighted by Gasteiger charge is 2.33. The number of nitrogens with zero attached hydrogens (tertiary/aromatic N) is 1. The number of anilines is 2. The lowest BCUT2D eigenvalue weighted by atomic mass is 10.0. The summed E-state index contributed by atoms with van der Waals surface area (Å²) in [5, 5.41) is 12.6. The monoisotopic (exact) mass is 264 g/mol. The first kappa shape index (κ1) is 13.7. The lowest BCUT2D eigenvalue weighted by Gasteiger charge is -2.37. The Balaban J connectivity index is 2.46. The summed E-state index contributed by atoms with van der Waals surface area (Å²) in [7, 11) is 1.82. The van der Waals surface area contributed by atoms with Crippen molar-refractivity contribution in [1.82, 2.24) is 0 Å². The molecule has 1 atom stereocenters. The van der Waals surface area contributed by atoms with Gasteiger partial charge in [0.1, 0.15) is 5.75 Å². The summed E-state index contributed by atoms with van der Waals surface area (Å²) in [4.78, 5) is 13.8. The fourth-order valence-corrected chi connectivity index (χ4v) is 2.28. The number of ether oxygens (including phenoxy) is 1. The van der Waals surface area contributed by atoms with Gasteiger partial charge in [0.05, 0.1) is 18.3 Å². The molecule has 1 aliphatic heterocycles. The van der Waals surface area contributed by atoms with E-state index in [-0.39, 0.29) is 31.1 Å². The molecule has 0 aliphatic carbocycles. The van der Waals surface area contributed by atoms with E-state index in [1.165, 1.54) is 0 Å². The Morgan fingerprint density at radius 3 is 2.79 bits per heavy atom. The van der Waals surface area contributed by atoms with Crippen molar-refractivity contribution in [2.24, 2.45) is 5.92 Å². The van der Waals surface area contributed by atoms with E-state index < -0.39 is 0 Å². The number of hydrogen-bond acceptors (Lipinski definition) is 4. The van der Waals surface area contributed by atoms with Crippen molar-refractivity contribution in [3.8, 4) is 5.75 Å². The smallest absolute Gasteiger partial charge is 0.265 e. The standard InChI is InChI=1S/C14H20N2O3/c1-9(2)12(7-17)16-11-6-10(15-3)4-5-13(11)19-8-14(16)18/h4-6,9,12,15,17H,7-8H2,1-3H3. The summed E-state index contributed by atoms with van der Waals surface area (Å²) < 4.78 is 5.44. The minimum atomic E-state index is -0.234. The van der Waals surface area contributed by atoms with E-state index in [0.717, 1.165) is 11.4 Å². The maximum atomic E-state index is 12.1. The third kappa shape index (κ3) is 2.51. The van der Waals surface area contributed by atoms with E-state index in [1.54, 1.807) is 4.90 Å². The summed E-state index contributed by atoms with van der Waals surface area (Å²) in [5.74, 6) is 0.726. The fourth-order valence-electron chi connectivity index (χ4n) is 2.28. The second-order valence-electron chi connectivity index (χ2n) is 4.98. The molecule has 0 saturated carbocycles. The van der Waals surface area contributed by atoms with Gasteiger partial charge in [0.15, 0.2) is 6.61 Å². The molecule has 1 heterocycles. The lowest BCUT2D eigenvalue weighted by molar-refractivity contribution is -0.122. The lowest BCUT2D eigenvalue weighted by Crippen LogP contribution is -2.49. The van der Waals surface area contributed by atoms with Crippen molar-refractivity contribution < 1.29 is 14.6 Å². The molecule has 0 radical (unpaired) electrons. The molecule has 104 valence electrons. The zero-order valence-corrected chi connectivity index (χ0v) is 11.5. The molecule has 5 nitrogen and oxygen atoms in total. The van der Waals surface area contributed by atoms with Crippen molar-refractivity contribution in [1.29, 1.82) is 0 Å². The van der Waals surface area contributed by atoms with E-state index in [2.05, 4.69) is 5.32 Å². The van der Waals surface area contributed by atoms with Crippen LogP contribution in [0.25, 0.3) is 0 Å². The van der Waals surface area contributed by atoms with E-state index in [9.17, 15) is 9.90 Å². The third-order valence-corrected chi connectivity index (χ3v) is 3.42. The molecule has 1 aromatic rings. The van der Waals surface area contributed by atoms with Gasteiger partial charge in [-0.15, -0.1) is 0 Å². The SMILES string of the molecule is CNc1ccc2c(c1)N(C(CO)C(C)C)C(=O)CO2. The third-order valence-electron chi connectivity index (χ3n) is 3.42. The van der Waals surface area contributed by atoms with Crippen LogP contribution in [0.3, 0.4) is 0 Å². The van der Waals surface area contributed by atoms with Gasteiger partial charge >= 0.3 is 0 Å². The second kappa shape index (κ2) is 5.48. The molecular weight excluding hydrogens is 244 g/mol. The minimum Gasteiger partial charge on any atom is -0.482 e. The Bertz CT molecular complexity index is 474. The van der Waals surface area contributed by atoms with Gasteiger partial charge in [-0.25, -0.2) is 0 Å². The van der Waals surface area contributed by atoms with E-state index in [0.29, 0.717) is 5.75 Å². The first-order valence-electron chi connectivity index (χ1n) is 6.46. The summed E-state index contributed by atoms with van der Waals surface area (Å²) >= 11 is 0. The van der Waals surface area contributed by atoms with Crippen molar-refractivity contribution in [3.63, 3.8) is 0 Å². The topological polar surface area (TPSA) is 61.8 Å². The molecule has 0 fully saturated rings. The number of aliphatic hydroxyl groups excluding tert-OH is 1. The number of carbonyl (C=O) groups excluding carboxylic acids is 1. The van der Waals surface area contributed by atoms with Gasteiger partial charge in [0.25, 0.3) is 5.91 Å². The van der Waals surface area contributed by atoms with Crippen molar-refractivity contribution >= 4 is 17.3 Å². The number of rotatable bonds is 4. The average molecular weight is 264 g/mol. The van der Waals surface area contributed by atoms with Gasteiger partial charge in [0, 0.05) is 12.7 Å². The van der Waals surface area contributed by atoms with Crippen LogP contribution in [0, 0.1) is 5.92 Å². The number of benzene rings is 1. The van der Waals surface area contributed by atoms with Gasteiger partial charge in [-0.2, -0.15) is 0 Å². The van der Waals surface area contributed by atoms with E-state index in [1.807, 2.05) is 39.1 Å². The highest BCUT2D eigenvalue weighted by Crippen LogP contribution is 2.36. The fraction of sp³-hybridized carbons (Fsp3) is 0.500. The Morgan fingerprint density at radius 2 is 2.21 bits per heavy atom. The number of hydrogen-bond donors (Lipinski definition) is 2. The average Bonchev–Trinajstić information content (AvgIpc) is 2.41. The van der Waals surface area contributed by atoms with Crippen LogP contribution >= 0.6 is 0 Å². The Kier molecular flexibility index (Phi) is 3.95. The summed E-state index contributed by atoms with van der Waals surface area (Å²) in [6, 6.07) is 5.38. The molecule has 1 aliphatic rings. The van der Waals surface area contributed by atoms with Crippen LogP contribution in [0.1, 0.15) is 13.8 Å². The summed E-state index contributed by atoms with van der Waals surface area (Å²) in [6.07, 6.45) is 0. The molecule has 1 unspecified atom stereocenters. The zero-order valence-electron chi connectivity index (χ0n) is 11.5. The Morgan fingerprint density at radius 1 is 1.47 bits per heavy atom. The molecule has 0 spiro atoms. The number of amides is 1. The van der Waals surface area contributed by atoms with Gasteiger partial charge < -0.3 is 20.1 Å². The predicted octanol–water partition coefficient (Wildman–Crippen LogP) is 1.47. The Labute approximate surface area is 113 Å². The number of aliphatic hydroxyl groups is 1. The number of nitrogens with one attached hydrogen (secondary N) is 1. The quantitative estimate of drug-likeness (QED) is 0.864. The predicted molar refractivity (Wildman–Crippen MR) is 74.7 cm³/mol. The molecule has 0 aromatic heterocycles. The first-order chi connectivity index (χ1) is 9.08.